The van der Waals surface area contributed by atoms with Crippen molar-refractivity contribution in [1.29, 1.82) is 0 Å². The highest BCUT2D eigenvalue weighted by Gasteiger charge is 2.04. The Balaban J connectivity index is 2.37. The Morgan fingerprint density at radius 1 is 1.31 bits per heavy atom. The summed E-state index contributed by atoms with van der Waals surface area (Å²) in [6, 6.07) is 9.63. The number of nitrogens with zero attached hydrogens (tertiary/aromatic N) is 1. The molecule has 3 nitrogen and oxygen atoms in total. The first-order valence-electron chi connectivity index (χ1n) is 4.73. The van der Waals surface area contributed by atoms with Crippen molar-refractivity contribution in [3.63, 3.8) is 0 Å². The summed E-state index contributed by atoms with van der Waals surface area (Å²) in [6.07, 6.45) is 2.59. The maximum absolute atomic E-state index is 11.0. The lowest BCUT2D eigenvalue weighted by Crippen LogP contribution is -1.88. The third-order valence-electron chi connectivity index (χ3n) is 2.07. The average Bonchev–Trinajstić information content (AvgIpc) is 2.74. The van der Waals surface area contributed by atoms with E-state index in [2.05, 4.69) is 4.98 Å². The smallest absolute Gasteiger partial charge is 0.180 e. The van der Waals surface area contributed by atoms with Crippen molar-refractivity contribution in [3.05, 3.63) is 47.0 Å². The first-order chi connectivity index (χ1) is 7.79. The van der Waals surface area contributed by atoms with Crippen LogP contribution in [-0.4, -0.2) is 11.3 Å². The Kier molecular flexibility index (Phi) is 3.12. The molecule has 0 unspecified atom stereocenters. The van der Waals surface area contributed by atoms with Gasteiger partial charge in [-0.3, -0.25) is 4.79 Å². The number of anilines is 1. The molecule has 0 spiro atoms. The molecule has 0 fully saturated rings. The molecule has 0 atom stereocenters. The van der Waals surface area contributed by atoms with E-state index in [4.69, 9.17) is 5.73 Å². The van der Waals surface area contributed by atoms with Crippen LogP contribution in [0.4, 0.5) is 5.13 Å². The van der Waals surface area contributed by atoms with Crippen molar-refractivity contribution in [2.24, 2.45) is 0 Å². The Morgan fingerprint density at radius 3 is 2.62 bits per heavy atom. The molecule has 16 heavy (non-hydrogen) atoms. The Hall–Kier alpha value is -1.94. The molecular weight excluding hydrogens is 220 g/mol. The van der Waals surface area contributed by atoms with E-state index in [1.165, 1.54) is 11.3 Å². The van der Waals surface area contributed by atoms with Gasteiger partial charge in [-0.2, -0.15) is 0 Å². The molecule has 1 heterocycles. The van der Waals surface area contributed by atoms with E-state index in [1.54, 1.807) is 11.5 Å². The molecular formula is C12H10N2OS. The summed E-state index contributed by atoms with van der Waals surface area (Å²) in [6.45, 7) is 0. The number of benzene rings is 1. The molecule has 0 aliphatic heterocycles. The van der Waals surface area contributed by atoms with Crippen LogP contribution in [0, 0.1) is 0 Å². The predicted octanol–water partition coefficient (Wildman–Crippen LogP) is 2.46. The largest absolute Gasteiger partial charge is 0.375 e. The molecule has 2 aromatic rings. The third kappa shape index (κ3) is 2.35. The minimum absolute atomic E-state index is 0.468. The van der Waals surface area contributed by atoms with E-state index < -0.39 is 0 Å². The zero-order valence-corrected chi connectivity index (χ0v) is 9.28. The van der Waals surface area contributed by atoms with Gasteiger partial charge in [-0.15, -0.1) is 11.3 Å². The summed E-state index contributed by atoms with van der Waals surface area (Å²) in [5.74, 6) is 0. The molecule has 0 saturated heterocycles. The number of hydrogen-bond acceptors (Lipinski definition) is 4. The fourth-order valence-corrected chi connectivity index (χ4v) is 1.89. The van der Waals surface area contributed by atoms with E-state index >= 15 is 0 Å². The molecule has 0 saturated carbocycles. The number of carbonyl (C=O) groups excluding carboxylic acids is 1. The highest BCUT2D eigenvalue weighted by molar-refractivity contribution is 7.13. The Bertz CT molecular complexity index is 517. The van der Waals surface area contributed by atoms with Crippen molar-refractivity contribution in [2.75, 3.05) is 5.73 Å². The van der Waals surface area contributed by atoms with Gasteiger partial charge in [0.25, 0.3) is 0 Å². The lowest BCUT2D eigenvalue weighted by atomic mass is 10.1. The number of nitrogens with two attached hydrogens (primary N) is 1. The lowest BCUT2D eigenvalue weighted by Gasteiger charge is -1.95. The topological polar surface area (TPSA) is 56.0 Å². The monoisotopic (exact) mass is 230 g/mol. The van der Waals surface area contributed by atoms with Crippen LogP contribution in [0.2, 0.25) is 0 Å². The van der Waals surface area contributed by atoms with Crippen LogP contribution in [0.3, 0.4) is 0 Å². The van der Waals surface area contributed by atoms with Gasteiger partial charge < -0.3 is 5.73 Å². The number of aromatic nitrogens is 1. The summed E-state index contributed by atoms with van der Waals surface area (Å²) in [5, 5.41) is 2.24. The normalized spacial score (nSPS) is 11.4. The van der Waals surface area contributed by atoms with Gasteiger partial charge in [0.05, 0.1) is 5.69 Å². The van der Waals surface area contributed by atoms with Gasteiger partial charge in [0.15, 0.2) is 11.4 Å². The predicted molar refractivity (Wildman–Crippen MR) is 66.9 cm³/mol. The number of rotatable bonds is 3. The minimum Gasteiger partial charge on any atom is -0.375 e. The van der Waals surface area contributed by atoms with Crippen LogP contribution in [-0.2, 0) is 4.79 Å². The minimum atomic E-state index is 0.468. The van der Waals surface area contributed by atoms with Crippen molar-refractivity contribution in [1.82, 2.24) is 4.98 Å². The second-order valence-electron chi connectivity index (χ2n) is 3.20. The zero-order valence-electron chi connectivity index (χ0n) is 8.46. The fourth-order valence-electron chi connectivity index (χ4n) is 1.32. The van der Waals surface area contributed by atoms with E-state index in [-0.39, 0.29) is 0 Å². The molecule has 1 aromatic carbocycles. The van der Waals surface area contributed by atoms with Crippen molar-refractivity contribution in [2.45, 2.75) is 0 Å². The molecule has 80 valence electrons. The first kappa shape index (κ1) is 10.6. The Morgan fingerprint density at radius 2 is 2.06 bits per heavy atom. The summed E-state index contributed by atoms with van der Waals surface area (Å²) < 4.78 is 0. The Labute approximate surface area is 97.3 Å². The SMILES string of the molecule is Nc1nc(C(C=O)=Cc2ccccc2)cs1. The molecule has 0 radical (unpaired) electrons. The molecule has 0 aliphatic carbocycles. The quantitative estimate of drug-likeness (QED) is 0.651. The van der Waals surface area contributed by atoms with Gasteiger partial charge in [0.1, 0.15) is 0 Å². The van der Waals surface area contributed by atoms with E-state index in [0.29, 0.717) is 16.4 Å². The lowest BCUT2D eigenvalue weighted by molar-refractivity contribution is -0.103. The number of nitrogen functional groups attached to an aromatic ring is 1. The van der Waals surface area contributed by atoms with Crippen molar-refractivity contribution < 1.29 is 4.79 Å². The van der Waals surface area contributed by atoms with Gasteiger partial charge >= 0.3 is 0 Å². The summed E-state index contributed by atoms with van der Waals surface area (Å²) in [4.78, 5) is 15.0. The van der Waals surface area contributed by atoms with Crippen LogP contribution in [0.25, 0.3) is 11.6 Å². The van der Waals surface area contributed by atoms with Crippen LogP contribution in [0.5, 0.6) is 0 Å². The van der Waals surface area contributed by atoms with Gasteiger partial charge in [0, 0.05) is 11.0 Å². The van der Waals surface area contributed by atoms with Crippen LogP contribution in [0.1, 0.15) is 11.3 Å². The molecule has 4 heteroatoms. The van der Waals surface area contributed by atoms with Crippen LogP contribution >= 0.6 is 11.3 Å². The van der Waals surface area contributed by atoms with Crippen LogP contribution in [0.15, 0.2) is 35.7 Å². The van der Waals surface area contributed by atoms with Crippen molar-refractivity contribution >= 4 is 34.4 Å². The molecule has 0 aliphatic rings. The second kappa shape index (κ2) is 4.72. The second-order valence-corrected chi connectivity index (χ2v) is 4.09. The van der Waals surface area contributed by atoms with Gasteiger partial charge in [-0.1, -0.05) is 30.3 Å². The zero-order chi connectivity index (χ0) is 11.4. The highest BCUT2D eigenvalue weighted by Crippen LogP contribution is 2.20. The van der Waals surface area contributed by atoms with Gasteiger partial charge in [-0.25, -0.2) is 4.98 Å². The average molecular weight is 230 g/mol. The number of allylic oxidation sites excluding steroid dienone is 1. The highest BCUT2D eigenvalue weighted by atomic mass is 32.1. The molecule has 1 aromatic heterocycles. The number of thiazole rings is 1. The number of carbonyl (C=O) groups is 1. The molecule has 0 bridgehead atoms. The van der Waals surface area contributed by atoms with Crippen molar-refractivity contribution in [3.8, 4) is 0 Å². The maximum atomic E-state index is 11.0. The van der Waals surface area contributed by atoms with E-state index in [0.717, 1.165) is 11.8 Å². The summed E-state index contributed by atoms with van der Waals surface area (Å²) >= 11 is 1.33. The summed E-state index contributed by atoms with van der Waals surface area (Å²) in [7, 11) is 0. The number of aldehydes is 1. The number of hydrogen-bond donors (Lipinski definition) is 1. The van der Waals surface area contributed by atoms with E-state index in [9.17, 15) is 4.79 Å². The first-order valence-corrected chi connectivity index (χ1v) is 5.61. The van der Waals surface area contributed by atoms with Crippen LogP contribution < -0.4 is 5.73 Å². The maximum Gasteiger partial charge on any atom is 0.180 e. The summed E-state index contributed by atoms with van der Waals surface area (Å²) in [5.41, 5.74) is 7.66. The fraction of sp³-hybridized carbons (Fsp3) is 0. The van der Waals surface area contributed by atoms with Gasteiger partial charge in [-0.05, 0) is 11.6 Å². The third-order valence-corrected chi connectivity index (χ3v) is 2.74. The molecule has 2 rings (SSSR count). The molecule has 2 N–H and O–H groups in total. The standard InChI is InChI=1S/C12H10N2OS/c13-12-14-11(8-16-12)10(7-15)6-9-4-2-1-3-5-9/h1-8H,(H2,13,14). The molecule has 0 amide bonds. The van der Waals surface area contributed by atoms with Gasteiger partial charge in [0.2, 0.25) is 0 Å². The van der Waals surface area contributed by atoms with E-state index in [1.807, 2.05) is 30.3 Å².